The van der Waals surface area contributed by atoms with Gasteiger partial charge in [0.15, 0.2) is 0 Å². The van der Waals surface area contributed by atoms with Gasteiger partial charge in [-0.2, -0.15) is 0 Å². The predicted octanol–water partition coefficient (Wildman–Crippen LogP) is 1.11. The van der Waals surface area contributed by atoms with Gasteiger partial charge in [0.2, 0.25) is 5.91 Å². The number of fused-ring (bicyclic) bond motifs is 1. The first-order valence-electron chi connectivity index (χ1n) is 8.37. The minimum Gasteiger partial charge on any atom is -0.396 e. The lowest BCUT2D eigenvalue weighted by Gasteiger charge is -2.38. The molecule has 1 aromatic carbocycles. The highest BCUT2D eigenvalue weighted by molar-refractivity contribution is 5.83. The van der Waals surface area contributed by atoms with Crippen LogP contribution in [0.2, 0.25) is 0 Å². The molecule has 1 aliphatic heterocycles. The maximum atomic E-state index is 11.8. The summed E-state index contributed by atoms with van der Waals surface area (Å²) < 4.78 is 4.88. The van der Waals surface area contributed by atoms with Gasteiger partial charge in [0, 0.05) is 55.9 Å². The Morgan fingerprint density at radius 1 is 1.46 bits per heavy atom. The second-order valence-corrected chi connectivity index (χ2v) is 6.43. The molecule has 130 valence electrons. The molecule has 1 aromatic heterocycles. The number of aromatic nitrogens is 1. The van der Waals surface area contributed by atoms with Crippen LogP contribution in [0.1, 0.15) is 12.0 Å². The minimum atomic E-state index is -0.130. The zero-order chi connectivity index (χ0) is 16.9. The van der Waals surface area contributed by atoms with Crippen LogP contribution >= 0.6 is 0 Å². The Kier molecular flexibility index (Phi) is 5.50. The molecule has 0 saturated carbocycles. The molecule has 1 amide bonds. The lowest BCUT2D eigenvalue weighted by atomic mass is 9.92. The first kappa shape index (κ1) is 17.0. The summed E-state index contributed by atoms with van der Waals surface area (Å²) in [6.45, 7) is 2.64. The van der Waals surface area contributed by atoms with Crippen LogP contribution in [0, 0.1) is 5.92 Å². The van der Waals surface area contributed by atoms with Gasteiger partial charge in [-0.15, -0.1) is 0 Å². The van der Waals surface area contributed by atoms with Crippen LogP contribution in [0.5, 0.6) is 0 Å². The van der Waals surface area contributed by atoms with Gasteiger partial charge in [-0.25, -0.2) is 0 Å². The molecule has 1 aliphatic rings. The molecule has 0 unspecified atom stereocenters. The fourth-order valence-electron chi connectivity index (χ4n) is 3.48. The van der Waals surface area contributed by atoms with Gasteiger partial charge >= 0.3 is 0 Å². The van der Waals surface area contributed by atoms with E-state index in [9.17, 15) is 9.90 Å². The summed E-state index contributed by atoms with van der Waals surface area (Å²) in [5, 5.41) is 13.8. The van der Waals surface area contributed by atoms with Gasteiger partial charge in [-0.3, -0.25) is 9.69 Å². The first-order valence-corrected chi connectivity index (χ1v) is 8.37. The van der Waals surface area contributed by atoms with Crippen LogP contribution in [0.15, 0.2) is 30.5 Å². The summed E-state index contributed by atoms with van der Waals surface area (Å²) in [6, 6.07) is 8.23. The molecule has 0 spiro atoms. The van der Waals surface area contributed by atoms with E-state index in [2.05, 4.69) is 33.5 Å². The van der Waals surface area contributed by atoms with Crippen molar-refractivity contribution in [2.24, 2.45) is 5.92 Å². The number of hydrogen-bond acceptors (Lipinski definition) is 4. The number of benzene rings is 1. The third kappa shape index (κ3) is 3.77. The number of ether oxygens (including phenoxy) is 1. The Labute approximate surface area is 141 Å². The fraction of sp³-hybridized carbons (Fsp3) is 0.500. The second kappa shape index (κ2) is 7.79. The molecule has 0 bridgehead atoms. The second-order valence-electron chi connectivity index (χ2n) is 6.43. The summed E-state index contributed by atoms with van der Waals surface area (Å²) in [5.74, 6) is -0.0279. The summed E-state index contributed by atoms with van der Waals surface area (Å²) in [5.41, 5.74) is 2.40. The zero-order valence-corrected chi connectivity index (χ0v) is 14.0. The number of rotatable bonds is 6. The molecule has 24 heavy (non-hydrogen) atoms. The highest BCUT2D eigenvalue weighted by Crippen LogP contribution is 2.23. The summed E-state index contributed by atoms with van der Waals surface area (Å²) in [4.78, 5) is 17.5. The van der Waals surface area contributed by atoms with Crippen molar-refractivity contribution >= 4 is 16.8 Å². The molecular weight excluding hydrogens is 306 g/mol. The molecule has 1 saturated heterocycles. The number of carbonyl (C=O) groups excluding carboxylic acids is 1. The van der Waals surface area contributed by atoms with E-state index >= 15 is 0 Å². The quantitative estimate of drug-likeness (QED) is 0.741. The predicted molar refractivity (Wildman–Crippen MR) is 92.6 cm³/mol. The Morgan fingerprint density at radius 2 is 2.29 bits per heavy atom. The molecule has 6 nitrogen and oxygen atoms in total. The lowest BCUT2D eigenvalue weighted by Crippen LogP contribution is -2.53. The van der Waals surface area contributed by atoms with Crippen molar-refractivity contribution in [1.82, 2.24) is 15.2 Å². The molecule has 0 radical (unpaired) electrons. The van der Waals surface area contributed by atoms with Crippen LogP contribution in [-0.4, -0.2) is 60.4 Å². The molecule has 2 atom stereocenters. The van der Waals surface area contributed by atoms with Gasteiger partial charge in [0.25, 0.3) is 0 Å². The van der Waals surface area contributed by atoms with E-state index in [1.165, 1.54) is 18.1 Å². The van der Waals surface area contributed by atoms with Crippen molar-refractivity contribution in [1.29, 1.82) is 0 Å². The smallest absolute Gasteiger partial charge is 0.246 e. The van der Waals surface area contributed by atoms with Crippen molar-refractivity contribution in [2.45, 2.75) is 19.0 Å². The number of aliphatic hydroxyl groups excluding tert-OH is 1. The van der Waals surface area contributed by atoms with Crippen molar-refractivity contribution in [3.05, 3.63) is 36.0 Å². The highest BCUT2D eigenvalue weighted by Gasteiger charge is 2.30. The maximum absolute atomic E-state index is 11.8. The number of carbonyl (C=O) groups is 1. The number of methoxy groups -OCH3 is 1. The number of para-hydroxylation sites is 1. The largest absolute Gasteiger partial charge is 0.396 e. The molecule has 3 N–H and O–H groups in total. The van der Waals surface area contributed by atoms with E-state index in [0.29, 0.717) is 0 Å². The monoisotopic (exact) mass is 331 g/mol. The van der Waals surface area contributed by atoms with Crippen molar-refractivity contribution in [2.75, 3.05) is 33.4 Å². The minimum absolute atomic E-state index is 0.0448. The summed E-state index contributed by atoms with van der Waals surface area (Å²) >= 11 is 0. The Morgan fingerprint density at radius 3 is 3.08 bits per heavy atom. The van der Waals surface area contributed by atoms with E-state index in [1.54, 1.807) is 0 Å². The number of nitrogens with zero attached hydrogens (tertiary/aromatic N) is 1. The number of hydrogen-bond donors (Lipinski definition) is 3. The van der Waals surface area contributed by atoms with Gasteiger partial charge in [-0.05, 0) is 24.6 Å². The number of aliphatic hydroxyl groups is 1. The Balaban J connectivity index is 1.67. The third-order valence-electron chi connectivity index (χ3n) is 4.77. The molecule has 6 heteroatoms. The standard InChI is InChI=1S/C18H25N3O3/c1-24-12-18(23)20-17-10-21(7-6-13(17)11-22)9-14-8-19-16-5-3-2-4-15(14)16/h2-5,8,13,17,19,22H,6-7,9-12H2,1H3,(H,20,23)/t13-,17-/m1/s1. The third-order valence-corrected chi connectivity index (χ3v) is 4.77. The zero-order valence-electron chi connectivity index (χ0n) is 14.0. The average Bonchev–Trinajstić information content (AvgIpc) is 2.99. The van der Waals surface area contributed by atoms with E-state index in [0.717, 1.165) is 31.6 Å². The van der Waals surface area contributed by atoms with Crippen LogP contribution in [0.25, 0.3) is 10.9 Å². The van der Waals surface area contributed by atoms with E-state index in [4.69, 9.17) is 4.74 Å². The fourth-order valence-corrected chi connectivity index (χ4v) is 3.48. The van der Waals surface area contributed by atoms with E-state index in [-0.39, 0.29) is 31.1 Å². The topological polar surface area (TPSA) is 77.6 Å². The van der Waals surface area contributed by atoms with Gasteiger partial charge in [-0.1, -0.05) is 18.2 Å². The van der Waals surface area contributed by atoms with Crippen LogP contribution in [0.4, 0.5) is 0 Å². The Hall–Kier alpha value is -1.89. The van der Waals surface area contributed by atoms with Crippen molar-refractivity contribution in [3.8, 4) is 0 Å². The molecule has 1 fully saturated rings. The molecule has 3 rings (SSSR count). The molecule has 2 heterocycles. The average molecular weight is 331 g/mol. The number of likely N-dealkylation sites (tertiary alicyclic amines) is 1. The SMILES string of the molecule is COCC(=O)N[C@@H]1CN(Cc2c[nH]c3ccccc23)CC[C@@H]1CO. The van der Waals surface area contributed by atoms with Gasteiger partial charge in [0.1, 0.15) is 6.61 Å². The van der Waals surface area contributed by atoms with Crippen LogP contribution in [0.3, 0.4) is 0 Å². The number of H-pyrrole nitrogens is 1. The number of piperidine rings is 1. The first-order chi connectivity index (χ1) is 11.7. The van der Waals surface area contributed by atoms with Crippen LogP contribution < -0.4 is 5.32 Å². The molecule has 2 aromatic rings. The lowest BCUT2D eigenvalue weighted by molar-refractivity contribution is -0.126. The Bertz CT molecular complexity index is 685. The molecular formula is C18H25N3O3. The van der Waals surface area contributed by atoms with Gasteiger partial charge < -0.3 is 20.1 Å². The van der Waals surface area contributed by atoms with Crippen molar-refractivity contribution in [3.63, 3.8) is 0 Å². The van der Waals surface area contributed by atoms with E-state index in [1.807, 2.05) is 12.1 Å². The normalized spacial score (nSPS) is 21.9. The number of nitrogens with one attached hydrogen (secondary N) is 2. The summed E-state index contributed by atoms with van der Waals surface area (Å²) in [6.07, 6.45) is 2.93. The van der Waals surface area contributed by atoms with Gasteiger partial charge in [0.05, 0.1) is 0 Å². The van der Waals surface area contributed by atoms with E-state index < -0.39 is 0 Å². The summed E-state index contributed by atoms with van der Waals surface area (Å²) in [7, 11) is 1.51. The maximum Gasteiger partial charge on any atom is 0.246 e. The number of amides is 1. The highest BCUT2D eigenvalue weighted by atomic mass is 16.5. The molecule has 0 aliphatic carbocycles. The number of aromatic amines is 1. The van der Waals surface area contributed by atoms with Crippen LogP contribution in [-0.2, 0) is 16.1 Å². The van der Waals surface area contributed by atoms with Crippen molar-refractivity contribution < 1.29 is 14.6 Å².